The molecule has 6 nitrogen and oxygen atoms in total. The Morgan fingerprint density at radius 2 is 1.78 bits per heavy atom. The number of likely N-dealkylation sites (tertiary alicyclic amines) is 1. The minimum absolute atomic E-state index is 0.126. The summed E-state index contributed by atoms with van der Waals surface area (Å²) in [6.07, 6.45) is 4.72. The molecule has 3 heterocycles. The number of para-hydroxylation sites is 1. The number of furan rings is 1. The lowest BCUT2D eigenvalue weighted by atomic mass is 10.0. The number of carbonyl (C=O) groups excluding carboxylic acids is 2. The number of benzene rings is 1. The topological polar surface area (TPSA) is 63.0 Å². The van der Waals surface area contributed by atoms with Gasteiger partial charge in [0.1, 0.15) is 17.2 Å². The van der Waals surface area contributed by atoms with Crippen LogP contribution in [0.3, 0.4) is 0 Å². The van der Waals surface area contributed by atoms with Crippen molar-refractivity contribution >= 4 is 17.4 Å². The molecule has 0 aliphatic carbocycles. The molecular weight excluding hydrogens is 344 g/mol. The van der Waals surface area contributed by atoms with Crippen molar-refractivity contribution in [3.63, 3.8) is 0 Å². The van der Waals surface area contributed by atoms with Crippen molar-refractivity contribution in [1.82, 2.24) is 9.80 Å². The van der Waals surface area contributed by atoms with E-state index in [1.165, 1.54) is 4.90 Å². The highest BCUT2D eigenvalue weighted by Crippen LogP contribution is 2.37. The lowest BCUT2D eigenvalue weighted by molar-refractivity contribution is -0.138. The summed E-state index contributed by atoms with van der Waals surface area (Å²) >= 11 is 0. The summed E-state index contributed by atoms with van der Waals surface area (Å²) in [5, 5.41) is 0. The first kappa shape index (κ1) is 17.4. The summed E-state index contributed by atoms with van der Waals surface area (Å²) in [6.45, 7) is 1.68. The average molecular weight is 366 g/mol. The van der Waals surface area contributed by atoms with Crippen LogP contribution in [0.2, 0.25) is 0 Å². The lowest BCUT2D eigenvalue weighted by Gasteiger charge is -2.29. The Bertz CT molecular complexity index is 879. The molecule has 0 spiro atoms. The van der Waals surface area contributed by atoms with Crippen LogP contribution in [-0.4, -0.2) is 41.8 Å². The van der Waals surface area contributed by atoms with E-state index >= 15 is 0 Å². The van der Waals surface area contributed by atoms with Gasteiger partial charge in [0, 0.05) is 18.7 Å². The zero-order valence-corrected chi connectivity index (χ0v) is 15.3. The summed E-state index contributed by atoms with van der Waals surface area (Å²) in [6, 6.07) is 10.9. The molecule has 0 N–H and O–H groups in total. The average Bonchev–Trinajstić information content (AvgIpc) is 3.31. The molecule has 0 bridgehead atoms. The highest BCUT2D eigenvalue weighted by molar-refractivity contribution is 6.35. The number of rotatable bonds is 5. The van der Waals surface area contributed by atoms with E-state index in [9.17, 15) is 9.59 Å². The first-order valence-corrected chi connectivity index (χ1v) is 9.22. The van der Waals surface area contributed by atoms with Crippen LogP contribution in [0, 0.1) is 0 Å². The number of nitrogens with zero attached hydrogens (tertiary/aromatic N) is 2. The maximum absolute atomic E-state index is 13.3. The molecule has 0 unspecified atom stereocenters. The standard InChI is InChI=1S/C21H22N2O4/c1-26-17-10-4-3-9-16(17)18-19(22-11-5-2-6-12-22)21(25)23(20(18)24)14-15-8-7-13-27-15/h3-4,7-10,13H,2,5-6,11-12,14H2,1H3. The van der Waals surface area contributed by atoms with Gasteiger partial charge in [0.25, 0.3) is 11.8 Å². The summed E-state index contributed by atoms with van der Waals surface area (Å²) < 4.78 is 10.8. The number of hydrogen-bond donors (Lipinski definition) is 0. The summed E-state index contributed by atoms with van der Waals surface area (Å²) in [5.74, 6) is 0.597. The number of piperidine rings is 1. The van der Waals surface area contributed by atoms with Crippen molar-refractivity contribution in [3.05, 3.63) is 59.7 Å². The normalized spacial score (nSPS) is 17.8. The van der Waals surface area contributed by atoms with Crippen molar-refractivity contribution in [3.8, 4) is 5.75 Å². The summed E-state index contributed by atoms with van der Waals surface area (Å²) in [7, 11) is 1.57. The van der Waals surface area contributed by atoms with E-state index in [0.717, 1.165) is 32.4 Å². The van der Waals surface area contributed by atoms with Crippen molar-refractivity contribution in [1.29, 1.82) is 0 Å². The third-order valence-electron chi connectivity index (χ3n) is 5.09. The van der Waals surface area contributed by atoms with Gasteiger partial charge >= 0.3 is 0 Å². The second-order valence-corrected chi connectivity index (χ2v) is 6.75. The van der Waals surface area contributed by atoms with Crippen molar-refractivity contribution in [2.45, 2.75) is 25.8 Å². The first-order chi connectivity index (χ1) is 13.2. The molecule has 140 valence electrons. The predicted octanol–water partition coefficient (Wildman–Crippen LogP) is 3.05. The molecule has 2 amide bonds. The fourth-order valence-electron chi connectivity index (χ4n) is 3.77. The fraction of sp³-hybridized carbons (Fsp3) is 0.333. The number of ether oxygens (including phenoxy) is 1. The first-order valence-electron chi connectivity index (χ1n) is 9.22. The summed E-state index contributed by atoms with van der Waals surface area (Å²) in [5.41, 5.74) is 1.56. The van der Waals surface area contributed by atoms with Gasteiger partial charge in [-0.2, -0.15) is 0 Å². The third-order valence-corrected chi connectivity index (χ3v) is 5.09. The summed E-state index contributed by atoms with van der Waals surface area (Å²) in [4.78, 5) is 29.9. The zero-order chi connectivity index (χ0) is 18.8. The van der Waals surface area contributed by atoms with Gasteiger partial charge in [0.15, 0.2) is 0 Å². The molecule has 1 aromatic heterocycles. The van der Waals surface area contributed by atoms with Crippen molar-refractivity contribution in [2.75, 3.05) is 20.2 Å². The number of amides is 2. The van der Waals surface area contributed by atoms with Gasteiger partial charge in [-0.15, -0.1) is 0 Å². The second-order valence-electron chi connectivity index (χ2n) is 6.75. The molecule has 0 saturated carbocycles. The SMILES string of the molecule is COc1ccccc1C1=C(N2CCCCC2)C(=O)N(Cc2ccco2)C1=O. The lowest BCUT2D eigenvalue weighted by Crippen LogP contribution is -2.36. The van der Waals surface area contributed by atoms with Gasteiger partial charge in [-0.25, -0.2) is 0 Å². The maximum atomic E-state index is 13.3. The molecule has 1 aromatic carbocycles. The molecule has 2 aromatic rings. The van der Waals surface area contributed by atoms with Crippen LogP contribution in [0.5, 0.6) is 5.75 Å². The monoisotopic (exact) mass is 366 g/mol. The Balaban J connectivity index is 1.79. The van der Waals surface area contributed by atoms with Crippen molar-refractivity contribution < 1.29 is 18.7 Å². The molecule has 1 saturated heterocycles. The third kappa shape index (κ3) is 3.12. The minimum atomic E-state index is -0.304. The predicted molar refractivity (Wildman–Crippen MR) is 99.6 cm³/mol. The van der Waals surface area contributed by atoms with E-state index in [0.29, 0.717) is 28.3 Å². The van der Waals surface area contributed by atoms with E-state index < -0.39 is 0 Å². The van der Waals surface area contributed by atoms with Crippen LogP contribution in [-0.2, 0) is 16.1 Å². The largest absolute Gasteiger partial charge is 0.496 e. The van der Waals surface area contributed by atoms with Gasteiger partial charge in [0.05, 0.1) is 25.5 Å². The van der Waals surface area contributed by atoms with E-state index in [4.69, 9.17) is 9.15 Å². The van der Waals surface area contributed by atoms with Gasteiger partial charge < -0.3 is 14.1 Å². The molecule has 2 aliphatic rings. The Kier molecular flexibility index (Phi) is 4.71. The van der Waals surface area contributed by atoms with Gasteiger partial charge in [-0.1, -0.05) is 18.2 Å². The molecule has 27 heavy (non-hydrogen) atoms. The van der Waals surface area contributed by atoms with Crippen LogP contribution in [0.25, 0.3) is 5.57 Å². The van der Waals surface area contributed by atoms with Crippen LogP contribution in [0.1, 0.15) is 30.6 Å². The Hall–Kier alpha value is -3.02. The maximum Gasteiger partial charge on any atom is 0.278 e. The van der Waals surface area contributed by atoms with E-state index in [2.05, 4.69) is 0 Å². The molecule has 1 fully saturated rings. The van der Waals surface area contributed by atoms with Crippen molar-refractivity contribution in [2.24, 2.45) is 0 Å². The molecule has 0 atom stereocenters. The number of methoxy groups -OCH3 is 1. The van der Waals surface area contributed by atoms with Crippen LogP contribution in [0.15, 0.2) is 52.8 Å². The molecular formula is C21H22N2O4. The Morgan fingerprint density at radius 1 is 1.00 bits per heavy atom. The Labute approximate surface area is 158 Å². The van der Waals surface area contributed by atoms with Gasteiger partial charge in [-0.3, -0.25) is 14.5 Å². The highest BCUT2D eigenvalue weighted by atomic mass is 16.5. The second kappa shape index (κ2) is 7.31. The van der Waals surface area contributed by atoms with Gasteiger partial charge in [0.2, 0.25) is 0 Å². The van der Waals surface area contributed by atoms with Crippen LogP contribution >= 0.6 is 0 Å². The highest BCUT2D eigenvalue weighted by Gasteiger charge is 2.42. The van der Waals surface area contributed by atoms with Crippen LogP contribution < -0.4 is 4.74 Å². The van der Waals surface area contributed by atoms with E-state index in [1.807, 2.05) is 29.2 Å². The number of hydrogen-bond acceptors (Lipinski definition) is 5. The zero-order valence-electron chi connectivity index (χ0n) is 15.3. The van der Waals surface area contributed by atoms with E-state index in [-0.39, 0.29) is 18.4 Å². The minimum Gasteiger partial charge on any atom is -0.496 e. The van der Waals surface area contributed by atoms with E-state index in [1.54, 1.807) is 25.5 Å². The Morgan fingerprint density at radius 3 is 2.48 bits per heavy atom. The fourth-order valence-corrected chi connectivity index (χ4v) is 3.77. The molecule has 4 rings (SSSR count). The molecule has 6 heteroatoms. The van der Waals surface area contributed by atoms with Crippen LogP contribution in [0.4, 0.5) is 0 Å². The molecule has 0 radical (unpaired) electrons. The smallest absolute Gasteiger partial charge is 0.278 e. The number of carbonyl (C=O) groups is 2. The van der Waals surface area contributed by atoms with Gasteiger partial charge in [-0.05, 0) is 37.5 Å². The quantitative estimate of drug-likeness (QED) is 0.761. The number of imide groups is 1. The molecule has 2 aliphatic heterocycles.